The molecule has 0 N–H and O–H groups in total. The van der Waals surface area contributed by atoms with Crippen molar-refractivity contribution < 1.29 is 23.8 Å². The molecule has 0 aliphatic carbocycles. The number of amides is 2. The molecule has 2 fully saturated rings. The minimum absolute atomic E-state index is 0.0565. The summed E-state index contributed by atoms with van der Waals surface area (Å²) in [5.74, 6) is -0.607. The summed E-state index contributed by atoms with van der Waals surface area (Å²) in [6.45, 7) is 3.92. The summed E-state index contributed by atoms with van der Waals surface area (Å²) < 4.78 is 17.4. The second kappa shape index (κ2) is 8.81. The quantitative estimate of drug-likeness (QED) is 0.759. The van der Waals surface area contributed by atoms with Crippen molar-refractivity contribution in [3.05, 3.63) is 59.9 Å². The second-order valence-corrected chi connectivity index (χ2v) is 7.44. The summed E-state index contributed by atoms with van der Waals surface area (Å²) in [6.07, 6.45) is 1.63. The summed E-state index contributed by atoms with van der Waals surface area (Å²) in [6, 6.07) is 12.7. The van der Waals surface area contributed by atoms with E-state index in [0.29, 0.717) is 37.6 Å². The molecule has 158 valence electrons. The van der Waals surface area contributed by atoms with E-state index >= 15 is 0 Å². The van der Waals surface area contributed by atoms with Crippen LogP contribution in [0, 0.1) is 6.92 Å². The van der Waals surface area contributed by atoms with Crippen LogP contribution in [0.3, 0.4) is 0 Å². The van der Waals surface area contributed by atoms with E-state index in [1.165, 1.54) is 0 Å². The van der Waals surface area contributed by atoms with Gasteiger partial charge >= 0.3 is 0 Å². The molecule has 0 radical (unpaired) electrons. The normalized spacial score (nSPS) is 21.5. The molecule has 30 heavy (non-hydrogen) atoms. The van der Waals surface area contributed by atoms with Crippen LogP contribution in [0.25, 0.3) is 0 Å². The summed E-state index contributed by atoms with van der Waals surface area (Å²) in [5.41, 5.74) is 1.37. The minimum Gasteiger partial charge on any atom is -0.484 e. The van der Waals surface area contributed by atoms with Gasteiger partial charge in [-0.3, -0.25) is 14.6 Å². The van der Waals surface area contributed by atoms with Crippen molar-refractivity contribution in [2.75, 3.05) is 46.0 Å². The Kier molecular flexibility index (Phi) is 5.96. The van der Waals surface area contributed by atoms with Crippen molar-refractivity contribution >= 4 is 11.8 Å². The van der Waals surface area contributed by atoms with E-state index < -0.39 is 5.79 Å². The van der Waals surface area contributed by atoms with Crippen molar-refractivity contribution in [1.82, 2.24) is 14.8 Å². The van der Waals surface area contributed by atoms with Crippen LogP contribution in [-0.2, 0) is 14.3 Å². The van der Waals surface area contributed by atoms with Crippen molar-refractivity contribution in [2.45, 2.75) is 12.7 Å². The third kappa shape index (κ3) is 4.60. The predicted octanol–water partition coefficient (Wildman–Crippen LogP) is 1.50. The fraction of sp³-hybridized carbons (Fsp3) is 0.409. The fourth-order valence-electron chi connectivity index (χ4n) is 3.70. The zero-order chi connectivity index (χ0) is 21.0. The molecule has 0 saturated carbocycles. The lowest BCUT2D eigenvalue weighted by Crippen LogP contribution is -2.64. The van der Waals surface area contributed by atoms with Gasteiger partial charge in [-0.1, -0.05) is 18.2 Å². The Hall–Kier alpha value is -2.97. The van der Waals surface area contributed by atoms with E-state index in [9.17, 15) is 9.59 Å². The smallest absolute Gasteiger partial charge is 0.260 e. The number of hydrogen-bond acceptors (Lipinski definition) is 6. The Morgan fingerprint density at radius 3 is 2.50 bits per heavy atom. The Bertz CT molecular complexity index is 903. The van der Waals surface area contributed by atoms with E-state index in [-0.39, 0.29) is 31.5 Å². The number of aryl methyl sites for hydroxylation is 1. The van der Waals surface area contributed by atoms with Gasteiger partial charge in [0.2, 0.25) is 5.79 Å². The highest BCUT2D eigenvalue weighted by atomic mass is 16.7. The Balaban J connectivity index is 1.39. The first-order valence-electron chi connectivity index (χ1n) is 10.0. The van der Waals surface area contributed by atoms with E-state index in [1.807, 2.05) is 37.3 Å². The lowest BCUT2D eigenvalue weighted by molar-refractivity contribution is -0.284. The van der Waals surface area contributed by atoms with Gasteiger partial charge in [0.15, 0.2) is 6.61 Å². The highest BCUT2D eigenvalue weighted by molar-refractivity contribution is 5.94. The van der Waals surface area contributed by atoms with Gasteiger partial charge in [-0.2, -0.15) is 0 Å². The molecule has 1 aromatic carbocycles. The van der Waals surface area contributed by atoms with Gasteiger partial charge in [-0.25, -0.2) is 0 Å². The standard InChI is InChI=1S/C22H25N3O5/c1-17-13-18(7-8-23-17)21(27)25-10-12-30-22(16-25)15-24(9-11-29-22)20(26)14-28-19-5-3-2-4-6-19/h2-8,13H,9-12,14-16H2,1H3. The van der Waals surface area contributed by atoms with Gasteiger partial charge in [-0.05, 0) is 31.2 Å². The van der Waals surface area contributed by atoms with Gasteiger partial charge in [0.25, 0.3) is 11.8 Å². The zero-order valence-electron chi connectivity index (χ0n) is 17.0. The largest absolute Gasteiger partial charge is 0.484 e. The first kappa shape index (κ1) is 20.3. The van der Waals surface area contributed by atoms with Gasteiger partial charge in [-0.15, -0.1) is 0 Å². The van der Waals surface area contributed by atoms with Crippen LogP contribution >= 0.6 is 0 Å². The van der Waals surface area contributed by atoms with Crippen molar-refractivity contribution in [2.24, 2.45) is 0 Å². The topological polar surface area (TPSA) is 81.2 Å². The molecule has 8 nitrogen and oxygen atoms in total. The molecule has 2 aliphatic heterocycles. The number of benzene rings is 1. The molecule has 0 bridgehead atoms. The Labute approximate surface area is 175 Å². The van der Waals surface area contributed by atoms with Gasteiger partial charge in [0.05, 0.1) is 26.3 Å². The lowest BCUT2D eigenvalue weighted by Gasteiger charge is -2.47. The van der Waals surface area contributed by atoms with Gasteiger partial charge < -0.3 is 24.0 Å². The third-order valence-corrected chi connectivity index (χ3v) is 5.21. The van der Waals surface area contributed by atoms with E-state index in [4.69, 9.17) is 14.2 Å². The SMILES string of the molecule is Cc1cc(C(=O)N2CCOC3(CN(C(=O)COc4ccccc4)CCO3)C2)ccn1. The Morgan fingerprint density at radius 1 is 1.07 bits per heavy atom. The molecule has 1 atom stereocenters. The van der Waals surface area contributed by atoms with Crippen LogP contribution in [0.2, 0.25) is 0 Å². The summed E-state index contributed by atoms with van der Waals surface area (Å²) in [4.78, 5) is 33.1. The molecule has 1 aromatic heterocycles. The number of ether oxygens (including phenoxy) is 3. The monoisotopic (exact) mass is 411 g/mol. The minimum atomic E-state index is -1.02. The molecule has 1 spiro atoms. The number of carbonyl (C=O) groups excluding carboxylic acids is 2. The molecule has 8 heteroatoms. The molecular weight excluding hydrogens is 386 g/mol. The summed E-state index contributed by atoms with van der Waals surface area (Å²) >= 11 is 0. The first-order chi connectivity index (χ1) is 14.5. The van der Waals surface area contributed by atoms with E-state index in [1.54, 1.807) is 28.1 Å². The van der Waals surface area contributed by atoms with Crippen LogP contribution < -0.4 is 4.74 Å². The molecular formula is C22H25N3O5. The number of carbonyl (C=O) groups is 2. The summed E-state index contributed by atoms with van der Waals surface area (Å²) in [5, 5.41) is 0. The molecule has 3 heterocycles. The molecule has 2 aromatic rings. The van der Waals surface area contributed by atoms with Crippen LogP contribution in [0.15, 0.2) is 48.7 Å². The zero-order valence-corrected chi connectivity index (χ0v) is 17.0. The average Bonchev–Trinajstić information content (AvgIpc) is 2.78. The summed E-state index contributed by atoms with van der Waals surface area (Å²) in [7, 11) is 0. The second-order valence-electron chi connectivity index (χ2n) is 7.44. The fourth-order valence-corrected chi connectivity index (χ4v) is 3.70. The third-order valence-electron chi connectivity index (χ3n) is 5.21. The average molecular weight is 411 g/mol. The molecule has 1 unspecified atom stereocenters. The molecule has 2 aliphatic rings. The highest BCUT2D eigenvalue weighted by Crippen LogP contribution is 2.26. The molecule has 2 saturated heterocycles. The number of rotatable bonds is 4. The maximum absolute atomic E-state index is 12.9. The van der Waals surface area contributed by atoms with Gasteiger partial charge in [0, 0.05) is 30.5 Å². The van der Waals surface area contributed by atoms with Crippen molar-refractivity contribution in [3.8, 4) is 5.75 Å². The number of nitrogens with zero attached hydrogens (tertiary/aromatic N) is 3. The maximum atomic E-state index is 12.9. The number of morpholine rings is 2. The first-order valence-corrected chi connectivity index (χ1v) is 10.0. The van der Waals surface area contributed by atoms with E-state index in [2.05, 4.69) is 4.98 Å². The lowest BCUT2D eigenvalue weighted by atomic mass is 10.1. The number of pyridine rings is 1. The Morgan fingerprint density at radius 2 is 1.77 bits per heavy atom. The number of hydrogen-bond donors (Lipinski definition) is 0. The highest BCUT2D eigenvalue weighted by Gasteiger charge is 2.44. The van der Waals surface area contributed by atoms with Crippen LogP contribution in [0.4, 0.5) is 0 Å². The van der Waals surface area contributed by atoms with Crippen molar-refractivity contribution in [3.63, 3.8) is 0 Å². The van der Waals surface area contributed by atoms with Crippen molar-refractivity contribution in [1.29, 1.82) is 0 Å². The van der Waals surface area contributed by atoms with E-state index in [0.717, 1.165) is 5.69 Å². The van der Waals surface area contributed by atoms with Gasteiger partial charge in [0.1, 0.15) is 5.75 Å². The van der Waals surface area contributed by atoms with Crippen LogP contribution in [-0.4, -0.2) is 78.4 Å². The van der Waals surface area contributed by atoms with Crippen LogP contribution in [0.1, 0.15) is 16.1 Å². The molecule has 2 amide bonds. The number of aromatic nitrogens is 1. The maximum Gasteiger partial charge on any atom is 0.260 e. The number of para-hydroxylation sites is 1. The van der Waals surface area contributed by atoms with Crippen LogP contribution in [0.5, 0.6) is 5.75 Å². The predicted molar refractivity (Wildman–Crippen MR) is 108 cm³/mol. The molecule has 4 rings (SSSR count).